The van der Waals surface area contributed by atoms with Crippen molar-refractivity contribution in [3.8, 4) is 5.75 Å². The smallest absolute Gasteiger partial charge is 0.124 e. The molecule has 0 aliphatic carbocycles. The van der Waals surface area contributed by atoms with Gasteiger partial charge in [-0.05, 0) is 48.2 Å². The first-order valence-electron chi connectivity index (χ1n) is 6.19. The van der Waals surface area contributed by atoms with Gasteiger partial charge in [-0.25, -0.2) is 0 Å². The molecule has 1 unspecified atom stereocenters. The van der Waals surface area contributed by atoms with Crippen LogP contribution in [0.4, 0.5) is 0 Å². The lowest BCUT2D eigenvalue weighted by molar-refractivity contribution is 0.408. The van der Waals surface area contributed by atoms with E-state index in [2.05, 4.69) is 12.1 Å². The van der Waals surface area contributed by atoms with Crippen LogP contribution in [0.3, 0.4) is 0 Å². The first kappa shape index (κ1) is 13.9. The Bertz CT molecular complexity index is 572. The van der Waals surface area contributed by atoms with Gasteiger partial charge in [-0.3, -0.25) is 0 Å². The number of rotatable bonds is 3. The van der Waals surface area contributed by atoms with Gasteiger partial charge in [0.1, 0.15) is 5.75 Å². The van der Waals surface area contributed by atoms with Crippen molar-refractivity contribution in [1.82, 2.24) is 0 Å². The molecule has 0 saturated carbocycles. The topological polar surface area (TPSA) is 35.2 Å². The van der Waals surface area contributed by atoms with Gasteiger partial charge in [0.2, 0.25) is 0 Å². The summed E-state index contributed by atoms with van der Waals surface area (Å²) in [7, 11) is 1.69. The highest BCUT2D eigenvalue weighted by atomic mass is 35.5. The Kier molecular flexibility index (Phi) is 4.13. The Morgan fingerprint density at radius 2 is 1.68 bits per heavy atom. The quantitative estimate of drug-likeness (QED) is 0.918. The van der Waals surface area contributed by atoms with E-state index in [1.54, 1.807) is 7.11 Å². The van der Waals surface area contributed by atoms with Crippen LogP contribution in [0.25, 0.3) is 0 Å². The summed E-state index contributed by atoms with van der Waals surface area (Å²) in [6.45, 7) is 4.06. The molecule has 19 heavy (non-hydrogen) atoms. The minimum atomic E-state index is -0.179. The summed E-state index contributed by atoms with van der Waals surface area (Å²) >= 11 is 6.01. The van der Waals surface area contributed by atoms with Crippen LogP contribution < -0.4 is 10.5 Å². The second-order valence-corrected chi connectivity index (χ2v) is 5.16. The third kappa shape index (κ3) is 2.91. The molecule has 0 aromatic heterocycles. The van der Waals surface area contributed by atoms with Gasteiger partial charge < -0.3 is 10.5 Å². The molecule has 0 amide bonds. The third-order valence-corrected chi connectivity index (χ3v) is 3.49. The van der Waals surface area contributed by atoms with Gasteiger partial charge in [0, 0.05) is 5.02 Å². The number of halogens is 1. The normalized spacial score (nSPS) is 12.3. The van der Waals surface area contributed by atoms with Gasteiger partial charge >= 0.3 is 0 Å². The molecule has 2 aromatic rings. The molecule has 0 spiro atoms. The number of benzene rings is 2. The van der Waals surface area contributed by atoms with Gasteiger partial charge in [0.25, 0.3) is 0 Å². The van der Waals surface area contributed by atoms with Crippen LogP contribution in [-0.4, -0.2) is 7.11 Å². The van der Waals surface area contributed by atoms with Gasteiger partial charge in [-0.15, -0.1) is 0 Å². The van der Waals surface area contributed by atoms with E-state index in [0.29, 0.717) is 5.02 Å². The molecular formula is C16H18ClNO. The highest BCUT2D eigenvalue weighted by Crippen LogP contribution is 2.29. The van der Waals surface area contributed by atoms with E-state index in [9.17, 15) is 0 Å². The minimum Gasteiger partial charge on any atom is -0.496 e. The zero-order valence-corrected chi connectivity index (χ0v) is 12.2. The van der Waals surface area contributed by atoms with Crippen molar-refractivity contribution >= 4 is 11.6 Å². The Morgan fingerprint density at radius 3 is 2.21 bits per heavy atom. The van der Waals surface area contributed by atoms with Crippen molar-refractivity contribution in [2.45, 2.75) is 19.9 Å². The van der Waals surface area contributed by atoms with E-state index in [-0.39, 0.29) is 6.04 Å². The van der Waals surface area contributed by atoms with Crippen molar-refractivity contribution in [1.29, 1.82) is 0 Å². The molecule has 0 bridgehead atoms. The van der Waals surface area contributed by atoms with E-state index in [1.165, 1.54) is 0 Å². The van der Waals surface area contributed by atoms with Crippen LogP contribution in [0, 0.1) is 13.8 Å². The number of methoxy groups -OCH3 is 1. The van der Waals surface area contributed by atoms with Crippen molar-refractivity contribution in [2.75, 3.05) is 7.11 Å². The van der Waals surface area contributed by atoms with E-state index in [1.807, 2.05) is 38.1 Å². The van der Waals surface area contributed by atoms with Crippen molar-refractivity contribution in [2.24, 2.45) is 5.73 Å². The molecule has 100 valence electrons. The van der Waals surface area contributed by atoms with Crippen molar-refractivity contribution in [3.05, 3.63) is 63.7 Å². The van der Waals surface area contributed by atoms with Crippen LogP contribution in [0.1, 0.15) is 28.3 Å². The number of nitrogens with two attached hydrogens (primary N) is 1. The maximum absolute atomic E-state index is 6.32. The molecule has 1 atom stereocenters. The standard InChI is InChI=1S/C16H18ClNO/c1-10-7-13(8-11(2)16(10)19-3)15(18)12-5-4-6-14(17)9-12/h4-9,15H,18H2,1-3H3. The summed E-state index contributed by atoms with van der Waals surface area (Å²) in [5, 5.41) is 0.704. The summed E-state index contributed by atoms with van der Waals surface area (Å²) in [5.74, 6) is 0.919. The van der Waals surface area contributed by atoms with Gasteiger partial charge in [-0.1, -0.05) is 35.9 Å². The molecule has 0 fully saturated rings. The maximum atomic E-state index is 6.32. The molecule has 0 heterocycles. The predicted molar refractivity (Wildman–Crippen MR) is 80.0 cm³/mol. The summed E-state index contributed by atoms with van der Waals surface area (Å²) in [4.78, 5) is 0. The predicted octanol–water partition coefficient (Wildman–Crippen LogP) is 4.01. The zero-order valence-electron chi connectivity index (χ0n) is 11.4. The van der Waals surface area contributed by atoms with Crippen molar-refractivity contribution < 1.29 is 4.74 Å². The third-order valence-electron chi connectivity index (χ3n) is 3.25. The van der Waals surface area contributed by atoms with Crippen LogP contribution in [-0.2, 0) is 0 Å². The molecule has 3 heteroatoms. The summed E-state index contributed by atoms with van der Waals surface area (Å²) in [6, 6.07) is 11.6. The molecule has 0 aliphatic heterocycles. The first-order valence-corrected chi connectivity index (χ1v) is 6.57. The molecule has 0 saturated heterocycles. The average Bonchev–Trinajstić information content (AvgIpc) is 2.37. The van der Waals surface area contributed by atoms with E-state index in [4.69, 9.17) is 22.1 Å². The van der Waals surface area contributed by atoms with E-state index in [0.717, 1.165) is 28.0 Å². The molecule has 2 aromatic carbocycles. The molecule has 2 rings (SSSR count). The fourth-order valence-corrected chi connectivity index (χ4v) is 2.58. The van der Waals surface area contributed by atoms with E-state index < -0.39 is 0 Å². The van der Waals surface area contributed by atoms with E-state index >= 15 is 0 Å². The lowest BCUT2D eigenvalue weighted by Crippen LogP contribution is -2.12. The summed E-state index contributed by atoms with van der Waals surface area (Å²) in [5.41, 5.74) is 10.6. The fourth-order valence-electron chi connectivity index (χ4n) is 2.38. The Balaban J connectivity index is 2.42. The maximum Gasteiger partial charge on any atom is 0.124 e. The molecule has 2 nitrogen and oxygen atoms in total. The monoisotopic (exact) mass is 275 g/mol. The Hall–Kier alpha value is -1.51. The molecule has 0 aliphatic rings. The molecular weight excluding hydrogens is 258 g/mol. The van der Waals surface area contributed by atoms with Crippen LogP contribution in [0.2, 0.25) is 5.02 Å². The Labute approximate surface area is 119 Å². The highest BCUT2D eigenvalue weighted by molar-refractivity contribution is 6.30. The lowest BCUT2D eigenvalue weighted by atomic mass is 9.96. The van der Waals surface area contributed by atoms with Crippen LogP contribution in [0.15, 0.2) is 36.4 Å². The average molecular weight is 276 g/mol. The second kappa shape index (κ2) is 5.64. The lowest BCUT2D eigenvalue weighted by Gasteiger charge is -2.17. The van der Waals surface area contributed by atoms with Crippen LogP contribution in [0.5, 0.6) is 5.75 Å². The largest absolute Gasteiger partial charge is 0.496 e. The van der Waals surface area contributed by atoms with Gasteiger partial charge in [0.05, 0.1) is 13.2 Å². The fraction of sp³-hybridized carbons (Fsp3) is 0.250. The number of aryl methyl sites for hydroxylation is 2. The van der Waals surface area contributed by atoms with Gasteiger partial charge in [0.15, 0.2) is 0 Å². The Morgan fingerprint density at radius 1 is 1.05 bits per heavy atom. The van der Waals surface area contributed by atoms with Crippen molar-refractivity contribution in [3.63, 3.8) is 0 Å². The van der Waals surface area contributed by atoms with Gasteiger partial charge in [-0.2, -0.15) is 0 Å². The van der Waals surface area contributed by atoms with Crippen LogP contribution >= 0.6 is 11.6 Å². The SMILES string of the molecule is COc1c(C)cc(C(N)c2cccc(Cl)c2)cc1C. The summed E-state index contributed by atoms with van der Waals surface area (Å²) in [6.07, 6.45) is 0. The zero-order chi connectivity index (χ0) is 14.0. The summed E-state index contributed by atoms with van der Waals surface area (Å²) < 4.78 is 5.37. The molecule has 2 N–H and O–H groups in total. The number of ether oxygens (including phenoxy) is 1. The number of hydrogen-bond donors (Lipinski definition) is 1. The first-order chi connectivity index (χ1) is 9.02. The second-order valence-electron chi connectivity index (χ2n) is 4.72. The minimum absolute atomic E-state index is 0.179. The highest BCUT2D eigenvalue weighted by Gasteiger charge is 2.13. The number of hydrogen-bond acceptors (Lipinski definition) is 2. The molecule has 0 radical (unpaired) electrons.